The lowest BCUT2D eigenvalue weighted by molar-refractivity contribution is -0.128. The summed E-state index contributed by atoms with van der Waals surface area (Å²) in [7, 11) is 0. The van der Waals surface area contributed by atoms with Gasteiger partial charge in [0.2, 0.25) is 17.7 Å². The van der Waals surface area contributed by atoms with E-state index in [0.717, 1.165) is 11.1 Å². The number of benzene rings is 2. The second-order valence-corrected chi connectivity index (χ2v) is 5.78. The summed E-state index contributed by atoms with van der Waals surface area (Å²) < 4.78 is 0. The highest BCUT2D eigenvalue weighted by molar-refractivity contribution is 5.94. The summed E-state index contributed by atoms with van der Waals surface area (Å²) in [5.74, 6) is -1.08. The van der Waals surface area contributed by atoms with Gasteiger partial charge in [0.05, 0.1) is 0 Å². The summed E-state index contributed by atoms with van der Waals surface area (Å²) in [6.07, 6.45) is 0. The van der Waals surface area contributed by atoms with Gasteiger partial charge in [-0.3, -0.25) is 14.4 Å². The number of hydrogen-bond donors (Lipinski definition) is 3. The van der Waals surface area contributed by atoms with Gasteiger partial charge in [-0.2, -0.15) is 0 Å². The zero-order chi connectivity index (χ0) is 18.4. The van der Waals surface area contributed by atoms with E-state index in [1.165, 1.54) is 6.92 Å². The van der Waals surface area contributed by atoms with Gasteiger partial charge in [0, 0.05) is 19.0 Å². The lowest BCUT2D eigenvalue weighted by atomic mass is 10.0. The molecule has 2 rings (SSSR count). The van der Waals surface area contributed by atoms with E-state index >= 15 is 0 Å². The Morgan fingerprint density at radius 2 is 1.76 bits per heavy atom. The number of hydrogen-bond acceptors (Lipinski definition) is 3. The van der Waals surface area contributed by atoms with E-state index < -0.39 is 11.9 Å². The quantitative estimate of drug-likeness (QED) is 0.745. The zero-order valence-electron chi connectivity index (χ0n) is 14.2. The molecule has 2 aromatic rings. The van der Waals surface area contributed by atoms with Crippen molar-refractivity contribution in [3.63, 3.8) is 0 Å². The lowest BCUT2D eigenvalue weighted by Crippen LogP contribution is -2.39. The molecule has 6 nitrogen and oxygen atoms in total. The second-order valence-electron chi connectivity index (χ2n) is 5.78. The fourth-order valence-electron chi connectivity index (χ4n) is 2.55. The van der Waals surface area contributed by atoms with Gasteiger partial charge in [-0.05, 0) is 29.7 Å². The molecular formula is C19H21N3O3. The smallest absolute Gasteiger partial charge is 0.248 e. The third kappa shape index (κ3) is 4.91. The van der Waals surface area contributed by atoms with Crippen molar-refractivity contribution in [2.75, 3.05) is 0 Å². The highest BCUT2D eigenvalue weighted by Crippen LogP contribution is 2.14. The predicted octanol–water partition coefficient (Wildman–Crippen LogP) is 1.59. The van der Waals surface area contributed by atoms with Crippen molar-refractivity contribution in [2.24, 2.45) is 5.73 Å². The summed E-state index contributed by atoms with van der Waals surface area (Å²) in [5.41, 5.74) is 8.04. The first-order valence-corrected chi connectivity index (χ1v) is 7.87. The Morgan fingerprint density at radius 3 is 2.32 bits per heavy atom. The Hall–Kier alpha value is -3.15. The number of carbonyl (C=O) groups excluding carboxylic acids is 3. The molecule has 3 amide bonds. The van der Waals surface area contributed by atoms with Gasteiger partial charge in [-0.25, -0.2) is 0 Å². The van der Waals surface area contributed by atoms with Gasteiger partial charge in [0.15, 0.2) is 0 Å². The molecule has 0 radical (unpaired) electrons. The molecule has 0 saturated heterocycles. The average Bonchev–Trinajstić information content (AvgIpc) is 2.58. The molecule has 0 heterocycles. The maximum atomic E-state index is 12.5. The Bertz CT molecular complexity index is 788. The molecule has 1 atom stereocenters. The van der Waals surface area contributed by atoms with Crippen LogP contribution >= 0.6 is 0 Å². The average molecular weight is 339 g/mol. The molecule has 4 N–H and O–H groups in total. The van der Waals surface area contributed by atoms with Crippen molar-refractivity contribution in [1.82, 2.24) is 10.6 Å². The van der Waals surface area contributed by atoms with Crippen molar-refractivity contribution < 1.29 is 14.4 Å². The second kappa shape index (κ2) is 8.10. The van der Waals surface area contributed by atoms with Crippen molar-refractivity contribution >= 4 is 17.7 Å². The molecule has 6 heteroatoms. The third-order valence-electron chi connectivity index (χ3n) is 3.77. The molecule has 130 valence electrons. The van der Waals surface area contributed by atoms with E-state index in [-0.39, 0.29) is 18.4 Å². The monoisotopic (exact) mass is 339 g/mol. The standard InChI is InChI=1S/C19H21N3O3/c1-12-10-14(8-9-16(12)18(20)24)11-21-19(25)17(22-13(2)23)15-6-4-3-5-7-15/h3-10,17H,11H2,1-2H3,(H2,20,24)(H,21,25)(H,22,23). The maximum absolute atomic E-state index is 12.5. The molecule has 1 unspecified atom stereocenters. The van der Waals surface area contributed by atoms with Crippen LogP contribution in [0.3, 0.4) is 0 Å². The van der Waals surface area contributed by atoms with Crippen LogP contribution in [0.5, 0.6) is 0 Å². The molecule has 0 bridgehead atoms. The van der Waals surface area contributed by atoms with E-state index in [1.54, 1.807) is 37.3 Å². The predicted molar refractivity (Wildman–Crippen MR) is 94.5 cm³/mol. The summed E-state index contributed by atoms with van der Waals surface area (Å²) in [4.78, 5) is 35.2. The van der Waals surface area contributed by atoms with Gasteiger partial charge in [-0.1, -0.05) is 42.5 Å². The molecule has 2 aromatic carbocycles. The van der Waals surface area contributed by atoms with E-state index in [1.807, 2.05) is 18.2 Å². The third-order valence-corrected chi connectivity index (χ3v) is 3.77. The normalized spacial score (nSPS) is 11.4. The molecular weight excluding hydrogens is 318 g/mol. The van der Waals surface area contributed by atoms with Crippen molar-refractivity contribution in [3.8, 4) is 0 Å². The number of nitrogens with two attached hydrogens (primary N) is 1. The van der Waals surface area contributed by atoms with Crippen molar-refractivity contribution in [1.29, 1.82) is 0 Å². The fourth-order valence-corrected chi connectivity index (χ4v) is 2.55. The Balaban J connectivity index is 2.10. The van der Waals surface area contributed by atoms with Crippen LogP contribution < -0.4 is 16.4 Å². The molecule has 0 spiro atoms. The number of rotatable bonds is 6. The number of carbonyl (C=O) groups is 3. The maximum Gasteiger partial charge on any atom is 0.248 e. The van der Waals surface area contributed by atoms with Crippen molar-refractivity contribution in [2.45, 2.75) is 26.4 Å². The molecule has 0 aromatic heterocycles. The Labute approximate surface area is 146 Å². The number of amides is 3. The highest BCUT2D eigenvalue weighted by Gasteiger charge is 2.21. The molecule has 0 aliphatic heterocycles. The first-order valence-electron chi connectivity index (χ1n) is 7.87. The molecule has 0 aliphatic rings. The molecule has 0 fully saturated rings. The minimum atomic E-state index is -0.760. The van der Waals surface area contributed by atoms with E-state index in [9.17, 15) is 14.4 Å². The molecule has 0 aliphatic carbocycles. The fraction of sp³-hybridized carbons (Fsp3) is 0.211. The minimum Gasteiger partial charge on any atom is -0.366 e. The van der Waals surface area contributed by atoms with Crippen LogP contribution in [0.15, 0.2) is 48.5 Å². The zero-order valence-corrected chi connectivity index (χ0v) is 14.2. The van der Waals surface area contributed by atoms with E-state index in [4.69, 9.17) is 5.73 Å². The van der Waals surface area contributed by atoms with Crippen LogP contribution in [0.2, 0.25) is 0 Å². The first-order chi connectivity index (χ1) is 11.9. The molecule has 25 heavy (non-hydrogen) atoms. The van der Waals surface area contributed by atoms with Crippen molar-refractivity contribution in [3.05, 3.63) is 70.8 Å². The number of primary amides is 1. The van der Waals surface area contributed by atoms with Crippen LogP contribution in [0.4, 0.5) is 0 Å². The SMILES string of the molecule is CC(=O)NC(C(=O)NCc1ccc(C(N)=O)c(C)c1)c1ccccc1. The Morgan fingerprint density at radius 1 is 1.08 bits per heavy atom. The van der Waals surface area contributed by atoms with Gasteiger partial charge < -0.3 is 16.4 Å². The summed E-state index contributed by atoms with van der Waals surface area (Å²) in [6.45, 7) is 3.44. The van der Waals surface area contributed by atoms with Crippen LogP contribution in [-0.4, -0.2) is 17.7 Å². The molecule has 0 saturated carbocycles. The van der Waals surface area contributed by atoms with Crippen LogP contribution in [0.25, 0.3) is 0 Å². The lowest BCUT2D eigenvalue weighted by Gasteiger charge is -2.18. The number of aryl methyl sites for hydroxylation is 1. The summed E-state index contributed by atoms with van der Waals surface area (Å²) >= 11 is 0. The Kier molecular flexibility index (Phi) is 5.89. The summed E-state index contributed by atoms with van der Waals surface area (Å²) in [6, 6.07) is 13.4. The largest absolute Gasteiger partial charge is 0.366 e. The first kappa shape index (κ1) is 18.2. The van der Waals surface area contributed by atoms with Crippen LogP contribution in [0.1, 0.15) is 40.0 Å². The number of nitrogens with one attached hydrogen (secondary N) is 2. The van der Waals surface area contributed by atoms with Gasteiger partial charge in [0.25, 0.3) is 0 Å². The van der Waals surface area contributed by atoms with Gasteiger partial charge >= 0.3 is 0 Å². The van der Waals surface area contributed by atoms with Crippen LogP contribution in [0, 0.1) is 6.92 Å². The minimum absolute atomic E-state index is 0.279. The van der Waals surface area contributed by atoms with Gasteiger partial charge in [0.1, 0.15) is 6.04 Å². The topological polar surface area (TPSA) is 101 Å². The summed E-state index contributed by atoms with van der Waals surface area (Å²) in [5, 5.41) is 5.46. The van der Waals surface area contributed by atoms with E-state index in [0.29, 0.717) is 11.1 Å². The van der Waals surface area contributed by atoms with Crippen LogP contribution in [-0.2, 0) is 16.1 Å². The van der Waals surface area contributed by atoms with E-state index in [2.05, 4.69) is 10.6 Å². The van der Waals surface area contributed by atoms with Gasteiger partial charge in [-0.15, -0.1) is 0 Å². The highest BCUT2D eigenvalue weighted by atomic mass is 16.2.